The van der Waals surface area contributed by atoms with Crippen molar-refractivity contribution >= 4 is 23.6 Å². The SMILES string of the molecule is CCCCNC(=O)[C@@H](Cc1ccccc1)N(Cc1cccc(OC)c1)C(=O)CCSc1ccc(C)cc1. The van der Waals surface area contributed by atoms with E-state index in [1.165, 1.54) is 5.56 Å². The summed E-state index contributed by atoms with van der Waals surface area (Å²) in [6.45, 7) is 5.10. The molecule has 0 aliphatic heterocycles. The van der Waals surface area contributed by atoms with Gasteiger partial charge in [-0.25, -0.2) is 0 Å². The Morgan fingerprint density at radius 1 is 0.973 bits per heavy atom. The molecule has 0 fully saturated rings. The summed E-state index contributed by atoms with van der Waals surface area (Å²) in [6, 6.07) is 25.3. The summed E-state index contributed by atoms with van der Waals surface area (Å²) in [5.74, 6) is 1.23. The fourth-order valence-corrected chi connectivity index (χ4v) is 4.90. The zero-order valence-corrected chi connectivity index (χ0v) is 22.9. The first-order valence-corrected chi connectivity index (χ1v) is 13.9. The number of carbonyl (C=O) groups excluding carboxylic acids is 2. The number of rotatable bonds is 14. The van der Waals surface area contributed by atoms with Gasteiger partial charge in [-0.2, -0.15) is 0 Å². The fourth-order valence-electron chi connectivity index (χ4n) is 4.06. The minimum absolute atomic E-state index is 0.0333. The summed E-state index contributed by atoms with van der Waals surface area (Å²) in [5, 5.41) is 3.07. The lowest BCUT2D eigenvalue weighted by molar-refractivity contribution is -0.141. The van der Waals surface area contributed by atoms with Crippen molar-refractivity contribution in [3.05, 3.63) is 95.6 Å². The second-order valence-electron chi connectivity index (χ2n) is 9.13. The maximum absolute atomic E-state index is 13.7. The van der Waals surface area contributed by atoms with E-state index in [-0.39, 0.29) is 11.8 Å². The topological polar surface area (TPSA) is 58.6 Å². The maximum atomic E-state index is 13.7. The highest BCUT2D eigenvalue weighted by Gasteiger charge is 2.30. The standard InChI is InChI=1S/C31H38N2O3S/c1-4-5-19-32-31(35)29(22-25-10-7-6-8-11-25)33(23-26-12-9-13-27(21-26)36-3)30(34)18-20-37-28-16-14-24(2)15-17-28/h6-17,21,29H,4-5,18-20,22-23H2,1-3H3,(H,32,35)/t29-/m1/s1. The lowest BCUT2D eigenvalue weighted by Gasteiger charge is -2.31. The Hall–Kier alpha value is -3.25. The van der Waals surface area contributed by atoms with Gasteiger partial charge in [-0.3, -0.25) is 9.59 Å². The molecule has 0 saturated carbocycles. The van der Waals surface area contributed by atoms with Crippen LogP contribution in [-0.2, 0) is 22.6 Å². The highest BCUT2D eigenvalue weighted by atomic mass is 32.2. The molecule has 0 aliphatic carbocycles. The number of ether oxygens (including phenoxy) is 1. The van der Waals surface area contributed by atoms with Crippen molar-refractivity contribution in [2.45, 2.75) is 57.0 Å². The van der Waals surface area contributed by atoms with Crippen LogP contribution >= 0.6 is 11.8 Å². The molecule has 0 aromatic heterocycles. The number of amides is 2. The van der Waals surface area contributed by atoms with Gasteiger partial charge in [0.1, 0.15) is 11.8 Å². The summed E-state index contributed by atoms with van der Waals surface area (Å²) in [7, 11) is 1.63. The van der Waals surface area contributed by atoms with Gasteiger partial charge in [0.25, 0.3) is 0 Å². The van der Waals surface area contributed by atoms with Crippen molar-refractivity contribution in [2.75, 3.05) is 19.4 Å². The molecule has 0 aliphatic rings. The summed E-state index contributed by atoms with van der Waals surface area (Å²) < 4.78 is 5.40. The van der Waals surface area contributed by atoms with Gasteiger partial charge in [-0.05, 0) is 48.7 Å². The van der Waals surface area contributed by atoms with E-state index in [1.807, 2.05) is 54.6 Å². The second-order valence-corrected chi connectivity index (χ2v) is 10.3. The first kappa shape index (κ1) is 28.3. The third-order valence-corrected chi connectivity index (χ3v) is 7.21. The van der Waals surface area contributed by atoms with Gasteiger partial charge in [-0.1, -0.05) is 73.5 Å². The molecule has 37 heavy (non-hydrogen) atoms. The van der Waals surface area contributed by atoms with Crippen LogP contribution < -0.4 is 10.1 Å². The van der Waals surface area contributed by atoms with Crippen LogP contribution in [0.1, 0.15) is 42.9 Å². The average molecular weight is 519 g/mol. The molecule has 3 rings (SSSR count). The Kier molecular flexibility index (Phi) is 11.6. The van der Waals surface area contributed by atoms with E-state index < -0.39 is 6.04 Å². The molecule has 0 unspecified atom stereocenters. The van der Waals surface area contributed by atoms with Crippen molar-refractivity contribution in [2.24, 2.45) is 0 Å². The smallest absolute Gasteiger partial charge is 0.243 e. The molecular formula is C31H38N2O3S. The molecular weight excluding hydrogens is 480 g/mol. The molecule has 2 amide bonds. The maximum Gasteiger partial charge on any atom is 0.243 e. The first-order valence-electron chi connectivity index (χ1n) is 12.9. The Bertz CT molecular complexity index is 1120. The molecule has 3 aromatic rings. The van der Waals surface area contributed by atoms with E-state index in [4.69, 9.17) is 4.74 Å². The minimum atomic E-state index is -0.609. The zero-order valence-electron chi connectivity index (χ0n) is 22.1. The van der Waals surface area contributed by atoms with E-state index in [0.717, 1.165) is 34.6 Å². The van der Waals surface area contributed by atoms with E-state index in [2.05, 4.69) is 43.4 Å². The van der Waals surface area contributed by atoms with E-state index in [1.54, 1.807) is 23.8 Å². The van der Waals surface area contributed by atoms with E-state index in [9.17, 15) is 9.59 Å². The molecule has 1 N–H and O–H groups in total. The third-order valence-electron chi connectivity index (χ3n) is 6.19. The monoisotopic (exact) mass is 518 g/mol. The molecule has 0 saturated heterocycles. The van der Waals surface area contributed by atoms with Crippen LogP contribution in [0.2, 0.25) is 0 Å². The molecule has 1 atom stereocenters. The van der Waals surface area contributed by atoms with Gasteiger partial charge in [0.2, 0.25) is 11.8 Å². The summed E-state index contributed by atoms with van der Waals surface area (Å²) in [5.41, 5.74) is 3.16. The van der Waals surface area contributed by atoms with Crippen LogP contribution in [-0.4, -0.2) is 42.2 Å². The summed E-state index contributed by atoms with van der Waals surface area (Å²) in [6.07, 6.45) is 2.70. The Morgan fingerprint density at radius 2 is 1.70 bits per heavy atom. The van der Waals surface area contributed by atoms with Gasteiger partial charge in [0, 0.05) is 36.6 Å². The van der Waals surface area contributed by atoms with Crippen LogP contribution in [0.25, 0.3) is 0 Å². The van der Waals surface area contributed by atoms with Gasteiger partial charge < -0.3 is 15.0 Å². The van der Waals surface area contributed by atoms with Crippen molar-refractivity contribution in [3.63, 3.8) is 0 Å². The second kappa shape index (κ2) is 15.1. The normalized spacial score (nSPS) is 11.5. The van der Waals surface area contributed by atoms with Crippen molar-refractivity contribution in [1.82, 2.24) is 10.2 Å². The zero-order chi connectivity index (χ0) is 26.5. The Balaban J connectivity index is 1.84. The summed E-state index contributed by atoms with van der Waals surface area (Å²) >= 11 is 1.66. The third kappa shape index (κ3) is 9.29. The number of hydrogen-bond acceptors (Lipinski definition) is 4. The minimum Gasteiger partial charge on any atom is -0.497 e. The molecule has 196 valence electrons. The van der Waals surface area contributed by atoms with Gasteiger partial charge >= 0.3 is 0 Å². The van der Waals surface area contributed by atoms with Crippen molar-refractivity contribution < 1.29 is 14.3 Å². The largest absolute Gasteiger partial charge is 0.497 e. The van der Waals surface area contributed by atoms with E-state index in [0.29, 0.717) is 31.7 Å². The Morgan fingerprint density at radius 3 is 2.41 bits per heavy atom. The molecule has 3 aromatic carbocycles. The highest BCUT2D eigenvalue weighted by Crippen LogP contribution is 2.22. The number of nitrogens with zero attached hydrogens (tertiary/aromatic N) is 1. The quantitative estimate of drug-likeness (QED) is 0.209. The van der Waals surface area contributed by atoms with Crippen LogP contribution in [0, 0.1) is 6.92 Å². The lowest BCUT2D eigenvalue weighted by atomic mass is 10.0. The molecule has 0 bridgehead atoms. The number of unbranched alkanes of at least 4 members (excludes halogenated alkanes) is 1. The van der Waals surface area contributed by atoms with Crippen molar-refractivity contribution in [1.29, 1.82) is 0 Å². The van der Waals surface area contributed by atoms with Crippen LogP contribution in [0.3, 0.4) is 0 Å². The predicted molar refractivity (Wildman–Crippen MR) is 152 cm³/mol. The number of carbonyl (C=O) groups is 2. The number of hydrogen-bond donors (Lipinski definition) is 1. The van der Waals surface area contributed by atoms with Gasteiger partial charge in [0.05, 0.1) is 7.11 Å². The van der Waals surface area contributed by atoms with Crippen LogP contribution in [0.5, 0.6) is 5.75 Å². The molecule has 0 spiro atoms. The van der Waals surface area contributed by atoms with Crippen LogP contribution in [0.4, 0.5) is 0 Å². The molecule has 0 heterocycles. The van der Waals surface area contributed by atoms with Gasteiger partial charge in [0.15, 0.2) is 0 Å². The molecule has 5 nitrogen and oxygen atoms in total. The number of thioether (sulfide) groups is 1. The van der Waals surface area contributed by atoms with Gasteiger partial charge in [-0.15, -0.1) is 11.8 Å². The predicted octanol–water partition coefficient (Wildman–Crippen LogP) is 6.04. The highest BCUT2D eigenvalue weighted by molar-refractivity contribution is 7.99. The van der Waals surface area contributed by atoms with E-state index >= 15 is 0 Å². The molecule has 6 heteroatoms. The summed E-state index contributed by atoms with van der Waals surface area (Å²) in [4.78, 5) is 30.1. The average Bonchev–Trinajstić information content (AvgIpc) is 2.92. The van der Waals surface area contributed by atoms with Crippen molar-refractivity contribution in [3.8, 4) is 5.75 Å². The van der Waals surface area contributed by atoms with Crippen LogP contribution in [0.15, 0.2) is 83.8 Å². The number of nitrogens with one attached hydrogen (secondary N) is 1. The Labute approximate surface area is 225 Å². The fraction of sp³-hybridized carbons (Fsp3) is 0.355. The lowest BCUT2D eigenvalue weighted by Crippen LogP contribution is -2.50. The molecule has 0 radical (unpaired) electrons. The first-order chi connectivity index (χ1) is 18.0. The number of methoxy groups -OCH3 is 1. The number of benzene rings is 3. The number of aryl methyl sites for hydroxylation is 1.